The smallest absolute Gasteiger partial charge is 0.241 e. The van der Waals surface area contributed by atoms with E-state index in [1.165, 1.54) is 0 Å². The molecule has 6 nitrogen and oxygen atoms in total. The fourth-order valence-corrected chi connectivity index (χ4v) is 6.91. The minimum absolute atomic E-state index is 0.00249. The number of carbonyl (C=O) groups is 1. The Kier molecular flexibility index (Phi) is 8.66. The molecule has 3 aromatic carbocycles. The molecule has 5 rings (SSSR count). The zero-order valence-corrected chi connectivity index (χ0v) is 24.7. The van der Waals surface area contributed by atoms with Crippen LogP contribution in [0.4, 0.5) is 5.69 Å². The van der Waals surface area contributed by atoms with E-state index in [9.17, 15) is 13.2 Å². The Hall–Kier alpha value is -3.81. The number of rotatable bonds is 9. The highest BCUT2D eigenvalue weighted by molar-refractivity contribution is 7.89. The molecular weight excluding hydrogens is 530 g/mol. The van der Waals surface area contributed by atoms with Crippen molar-refractivity contribution in [2.45, 2.75) is 69.9 Å². The van der Waals surface area contributed by atoms with Gasteiger partial charge in [-0.05, 0) is 97.7 Å². The van der Waals surface area contributed by atoms with Crippen molar-refractivity contribution in [1.29, 1.82) is 0 Å². The lowest BCUT2D eigenvalue weighted by Crippen LogP contribution is -2.33. The SMILES string of the molecule is Cc1cccc(S(=O)(=O)N[C@H]2CCCc3ccc(N(Cc4cccc(C)n4)C(=O)C[C@@H](C)c4ccccc4)cc32)c1. The largest absolute Gasteiger partial charge is 0.306 e. The number of carbonyl (C=O) groups excluding carboxylic acids is 1. The maximum absolute atomic E-state index is 13.9. The predicted octanol–water partition coefficient (Wildman–Crippen LogP) is 6.78. The van der Waals surface area contributed by atoms with E-state index in [1.54, 1.807) is 23.1 Å². The van der Waals surface area contributed by atoms with E-state index in [0.29, 0.717) is 19.4 Å². The standard InChI is InChI=1S/C34H37N3O3S/c1-24-10-7-16-31(20-24)41(39,40)36-33-17-9-14-28-18-19-30(22-32(28)33)37(23-29-15-8-11-26(3)35-29)34(38)21-25(2)27-12-5-4-6-13-27/h4-8,10-13,15-16,18-20,22,25,33,36H,9,14,17,21,23H2,1-3H3/t25-,33+/m1/s1. The van der Waals surface area contributed by atoms with Crippen molar-refractivity contribution in [2.24, 2.45) is 0 Å². The molecule has 0 aliphatic heterocycles. The van der Waals surface area contributed by atoms with Gasteiger partial charge in [-0.1, -0.05) is 61.5 Å². The number of anilines is 1. The number of hydrogen-bond donors (Lipinski definition) is 1. The van der Waals surface area contributed by atoms with Crippen LogP contribution in [0.1, 0.15) is 71.8 Å². The van der Waals surface area contributed by atoms with Crippen molar-refractivity contribution >= 4 is 21.6 Å². The van der Waals surface area contributed by atoms with E-state index >= 15 is 0 Å². The first-order valence-corrected chi connectivity index (χ1v) is 15.7. The summed E-state index contributed by atoms with van der Waals surface area (Å²) in [5.74, 6) is 0.0421. The quantitative estimate of drug-likeness (QED) is 0.242. The van der Waals surface area contributed by atoms with E-state index < -0.39 is 10.0 Å². The Morgan fingerprint density at radius 1 is 0.976 bits per heavy atom. The molecule has 1 aliphatic rings. The Balaban J connectivity index is 1.47. The molecule has 7 heteroatoms. The lowest BCUT2D eigenvalue weighted by Gasteiger charge is -2.30. The Morgan fingerprint density at radius 2 is 1.76 bits per heavy atom. The highest BCUT2D eigenvalue weighted by atomic mass is 32.2. The van der Waals surface area contributed by atoms with Gasteiger partial charge in [0.2, 0.25) is 15.9 Å². The fourth-order valence-electron chi connectivity index (χ4n) is 5.56. The minimum atomic E-state index is -3.71. The molecule has 1 aliphatic carbocycles. The molecule has 1 N–H and O–H groups in total. The van der Waals surface area contributed by atoms with E-state index in [4.69, 9.17) is 0 Å². The number of hydrogen-bond acceptors (Lipinski definition) is 4. The summed E-state index contributed by atoms with van der Waals surface area (Å²) in [6.07, 6.45) is 2.80. The van der Waals surface area contributed by atoms with Gasteiger partial charge in [0.25, 0.3) is 0 Å². The molecule has 0 bridgehead atoms. The van der Waals surface area contributed by atoms with Gasteiger partial charge in [-0.3, -0.25) is 9.78 Å². The molecule has 0 spiro atoms. The topological polar surface area (TPSA) is 79.4 Å². The van der Waals surface area contributed by atoms with E-state index in [2.05, 4.69) is 16.6 Å². The monoisotopic (exact) mass is 567 g/mol. The average molecular weight is 568 g/mol. The number of sulfonamides is 1. The molecule has 0 saturated heterocycles. The summed E-state index contributed by atoms with van der Waals surface area (Å²) in [5, 5.41) is 0. The maximum atomic E-state index is 13.9. The number of amides is 1. The first kappa shape index (κ1) is 28.7. The highest BCUT2D eigenvalue weighted by Crippen LogP contribution is 2.35. The summed E-state index contributed by atoms with van der Waals surface area (Å²) in [4.78, 5) is 20.6. The Bertz CT molecular complexity index is 1640. The van der Waals surface area contributed by atoms with Gasteiger partial charge in [0, 0.05) is 23.8 Å². The summed E-state index contributed by atoms with van der Waals surface area (Å²) < 4.78 is 29.6. The molecule has 0 radical (unpaired) electrons. The normalized spacial score (nSPS) is 15.6. The van der Waals surface area contributed by atoms with Crippen molar-refractivity contribution < 1.29 is 13.2 Å². The molecule has 0 saturated carbocycles. The molecule has 212 valence electrons. The first-order valence-electron chi connectivity index (χ1n) is 14.2. The van der Waals surface area contributed by atoms with Crippen molar-refractivity contribution in [2.75, 3.05) is 4.90 Å². The van der Waals surface area contributed by atoms with Gasteiger partial charge in [-0.15, -0.1) is 0 Å². The average Bonchev–Trinajstić information content (AvgIpc) is 2.96. The van der Waals surface area contributed by atoms with Crippen LogP contribution in [0.15, 0.2) is 95.9 Å². The third-order valence-corrected chi connectivity index (χ3v) is 9.24. The second kappa shape index (κ2) is 12.4. The molecule has 1 heterocycles. The van der Waals surface area contributed by atoms with Gasteiger partial charge < -0.3 is 4.90 Å². The van der Waals surface area contributed by atoms with E-state index in [1.807, 2.05) is 86.6 Å². The molecule has 41 heavy (non-hydrogen) atoms. The van der Waals surface area contributed by atoms with Crippen LogP contribution in [0, 0.1) is 13.8 Å². The molecule has 0 fully saturated rings. The van der Waals surface area contributed by atoms with Crippen molar-refractivity contribution in [3.8, 4) is 0 Å². The predicted molar refractivity (Wildman–Crippen MR) is 163 cm³/mol. The summed E-state index contributed by atoms with van der Waals surface area (Å²) in [7, 11) is -3.71. The van der Waals surface area contributed by atoms with Crippen molar-refractivity contribution in [3.63, 3.8) is 0 Å². The molecule has 0 unspecified atom stereocenters. The van der Waals surface area contributed by atoms with Crippen LogP contribution in [-0.4, -0.2) is 19.3 Å². The summed E-state index contributed by atoms with van der Waals surface area (Å²) >= 11 is 0. The summed E-state index contributed by atoms with van der Waals surface area (Å²) in [6, 6.07) is 28.5. The number of aromatic nitrogens is 1. The first-order chi connectivity index (χ1) is 19.7. The zero-order valence-electron chi connectivity index (χ0n) is 23.9. The van der Waals surface area contributed by atoms with Gasteiger partial charge in [-0.25, -0.2) is 13.1 Å². The van der Waals surface area contributed by atoms with Crippen LogP contribution >= 0.6 is 0 Å². The number of nitrogens with zero attached hydrogens (tertiary/aromatic N) is 2. The van der Waals surface area contributed by atoms with Crippen LogP contribution < -0.4 is 9.62 Å². The number of aryl methyl sites for hydroxylation is 3. The van der Waals surface area contributed by atoms with Crippen LogP contribution in [0.5, 0.6) is 0 Å². The third kappa shape index (κ3) is 6.92. The molecule has 1 amide bonds. The molecule has 4 aromatic rings. The second-order valence-electron chi connectivity index (χ2n) is 11.0. The Labute approximate surface area is 243 Å². The molecule has 1 aromatic heterocycles. The van der Waals surface area contributed by atoms with Crippen LogP contribution in [0.25, 0.3) is 0 Å². The number of nitrogens with one attached hydrogen (secondary N) is 1. The Morgan fingerprint density at radius 3 is 2.51 bits per heavy atom. The fraction of sp³-hybridized carbons (Fsp3) is 0.294. The van der Waals surface area contributed by atoms with Gasteiger partial charge in [0.05, 0.1) is 17.1 Å². The second-order valence-corrected chi connectivity index (χ2v) is 12.7. The number of pyridine rings is 1. The highest BCUT2D eigenvalue weighted by Gasteiger charge is 2.28. The lowest BCUT2D eigenvalue weighted by molar-refractivity contribution is -0.119. The number of benzene rings is 3. The maximum Gasteiger partial charge on any atom is 0.241 e. The van der Waals surface area contributed by atoms with Gasteiger partial charge in [0.15, 0.2) is 0 Å². The lowest BCUT2D eigenvalue weighted by atomic mass is 9.87. The summed E-state index contributed by atoms with van der Waals surface area (Å²) in [6.45, 7) is 6.23. The minimum Gasteiger partial charge on any atom is -0.306 e. The van der Waals surface area contributed by atoms with Gasteiger partial charge in [0.1, 0.15) is 0 Å². The number of fused-ring (bicyclic) bond motifs is 1. The van der Waals surface area contributed by atoms with Crippen molar-refractivity contribution in [1.82, 2.24) is 9.71 Å². The third-order valence-electron chi connectivity index (χ3n) is 7.77. The van der Waals surface area contributed by atoms with E-state index in [0.717, 1.165) is 52.2 Å². The van der Waals surface area contributed by atoms with Gasteiger partial charge >= 0.3 is 0 Å². The van der Waals surface area contributed by atoms with Gasteiger partial charge in [-0.2, -0.15) is 0 Å². The van der Waals surface area contributed by atoms with Crippen LogP contribution in [-0.2, 0) is 27.8 Å². The molecular formula is C34H37N3O3S. The van der Waals surface area contributed by atoms with Crippen LogP contribution in [0.3, 0.4) is 0 Å². The van der Waals surface area contributed by atoms with Crippen LogP contribution in [0.2, 0.25) is 0 Å². The van der Waals surface area contributed by atoms with E-state index in [-0.39, 0.29) is 22.8 Å². The van der Waals surface area contributed by atoms with Crippen molar-refractivity contribution in [3.05, 3.63) is 125 Å². The molecule has 2 atom stereocenters. The zero-order chi connectivity index (χ0) is 29.0. The summed E-state index contributed by atoms with van der Waals surface area (Å²) in [5.41, 5.74) is 6.49.